The van der Waals surface area contributed by atoms with Gasteiger partial charge in [-0.2, -0.15) is 0 Å². The normalized spacial score (nSPS) is 13.8. The Morgan fingerprint density at radius 3 is 2.52 bits per heavy atom. The van der Waals surface area contributed by atoms with Crippen molar-refractivity contribution in [3.63, 3.8) is 0 Å². The Hall–Kier alpha value is -4.13. The number of benzene rings is 3. The van der Waals surface area contributed by atoms with Crippen LogP contribution in [0.4, 0.5) is 17.1 Å². The number of nitro groups is 1. The average molecular weight is 444 g/mol. The molecule has 0 saturated heterocycles. The Kier molecular flexibility index (Phi) is 6.40. The van der Waals surface area contributed by atoms with Crippen LogP contribution in [0, 0.1) is 17.0 Å². The van der Waals surface area contributed by atoms with Crippen LogP contribution in [0.2, 0.25) is 0 Å². The number of para-hydroxylation sites is 1. The summed E-state index contributed by atoms with van der Waals surface area (Å²) in [6.07, 6.45) is 3.99. The summed E-state index contributed by atoms with van der Waals surface area (Å²) in [5.74, 6) is 0.180. The lowest BCUT2D eigenvalue weighted by molar-refractivity contribution is -0.384. The SMILES string of the molecule is CCOC(=O)c1c(-c2ccc([N+](=O)[O-])cc2)cc2c(c1C)N(c1ccccc1)C/C=C\CO2. The van der Waals surface area contributed by atoms with Gasteiger partial charge in [-0.15, -0.1) is 0 Å². The standard InChI is InChI=1S/C26H24N2O5/c1-3-32-26(29)24-18(2)25-23(17-22(24)19-11-13-21(14-12-19)28(30)31)33-16-8-7-15-27(25)20-9-5-4-6-10-20/h4-14,17H,3,15-16H2,1-2H3/b8-7-. The van der Waals surface area contributed by atoms with Gasteiger partial charge in [0.1, 0.15) is 12.4 Å². The fraction of sp³-hybridized carbons (Fsp3) is 0.192. The summed E-state index contributed by atoms with van der Waals surface area (Å²) in [5.41, 5.74) is 4.15. The third-order valence-electron chi connectivity index (χ3n) is 5.50. The molecule has 0 saturated carbocycles. The second kappa shape index (κ2) is 9.56. The predicted octanol–water partition coefficient (Wildman–Crippen LogP) is 5.83. The topological polar surface area (TPSA) is 81.9 Å². The number of esters is 1. The third-order valence-corrected chi connectivity index (χ3v) is 5.50. The maximum absolute atomic E-state index is 13.1. The lowest BCUT2D eigenvalue weighted by atomic mass is 9.93. The van der Waals surface area contributed by atoms with Crippen molar-refractivity contribution in [2.24, 2.45) is 0 Å². The number of ether oxygens (including phenoxy) is 2. The second-order valence-corrected chi connectivity index (χ2v) is 7.52. The lowest BCUT2D eigenvalue weighted by Gasteiger charge is -2.30. The molecule has 4 rings (SSSR count). The number of nitrogens with zero attached hydrogens (tertiary/aromatic N) is 2. The van der Waals surface area contributed by atoms with E-state index in [2.05, 4.69) is 4.90 Å². The van der Waals surface area contributed by atoms with Gasteiger partial charge in [0.05, 0.1) is 22.8 Å². The molecule has 0 amide bonds. The van der Waals surface area contributed by atoms with Gasteiger partial charge in [0.25, 0.3) is 5.69 Å². The van der Waals surface area contributed by atoms with Gasteiger partial charge in [-0.1, -0.05) is 24.3 Å². The first-order chi connectivity index (χ1) is 16.0. The van der Waals surface area contributed by atoms with E-state index in [1.807, 2.05) is 55.5 Å². The lowest BCUT2D eigenvalue weighted by Crippen LogP contribution is -2.22. The maximum atomic E-state index is 13.1. The predicted molar refractivity (Wildman–Crippen MR) is 127 cm³/mol. The minimum absolute atomic E-state index is 0.0176. The van der Waals surface area contributed by atoms with Crippen LogP contribution in [0.3, 0.4) is 0 Å². The number of hydrogen-bond acceptors (Lipinski definition) is 6. The van der Waals surface area contributed by atoms with E-state index in [0.717, 1.165) is 16.9 Å². The maximum Gasteiger partial charge on any atom is 0.339 e. The number of fused-ring (bicyclic) bond motifs is 1. The number of nitro benzene ring substituents is 1. The van der Waals surface area contributed by atoms with Crippen LogP contribution in [-0.2, 0) is 4.74 Å². The van der Waals surface area contributed by atoms with Crippen molar-refractivity contribution in [1.82, 2.24) is 0 Å². The van der Waals surface area contributed by atoms with Crippen LogP contribution in [0.25, 0.3) is 11.1 Å². The molecule has 0 aromatic heterocycles. The molecule has 0 bridgehead atoms. The van der Waals surface area contributed by atoms with Crippen LogP contribution >= 0.6 is 0 Å². The van der Waals surface area contributed by atoms with E-state index in [1.165, 1.54) is 12.1 Å². The molecule has 1 heterocycles. The van der Waals surface area contributed by atoms with Crippen LogP contribution in [-0.4, -0.2) is 30.7 Å². The number of non-ortho nitro benzene ring substituents is 1. The van der Waals surface area contributed by atoms with Crippen molar-refractivity contribution in [3.8, 4) is 16.9 Å². The van der Waals surface area contributed by atoms with Crippen molar-refractivity contribution in [3.05, 3.63) is 94.1 Å². The molecule has 7 heteroatoms. The van der Waals surface area contributed by atoms with Gasteiger partial charge in [0.2, 0.25) is 0 Å². The van der Waals surface area contributed by atoms with Gasteiger partial charge >= 0.3 is 5.97 Å². The molecule has 0 unspecified atom stereocenters. The summed E-state index contributed by atoms with van der Waals surface area (Å²) in [5, 5.41) is 11.1. The Bertz CT molecular complexity index is 1200. The first-order valence-electron chi connectivity index (χ1n) is 10.7. The van der Waals surface area contributed by atoms with E-state index in [4.69, 9.17) is 9.47 Å². The summed E-state index contributed by atoms with van der Waals surface area (Å²) in [6, 6.07) is 17.8. The van der Waals surface area contributed by atoms with Crippen molar-refractivity contribution in [2.75, 3.05) is 24.7 Å². The van der Waals surface area contributed by atoms with Gasteiger partial charge in [0, 0.05) is 29.9 Å². The fourth-order valence-corrected chi connectivity index (χ4v) is 4.00. The van der Waals surface area contributed by atoms with E-state index in [0.29, 0.717) is 35.6 Å². The highest BCUT2D eigenvalue weighted by molar-refractivity contribution is 6.02. The summed E-state index contributed by atoms with van der Waals surface area (Å²) >= 11 is 0. The van der Waals surface area contributed by atoms with Crippen molar-refractivity contribution < 1.29 is 19.2 Å². The van der Waals surface area contributed by atoms with Gasteiger partial charge in [0.15, 0.2) is 0 Å². The quantitative estimate of drug-likeness (QED) is 0.213. The van der Waals surface area contributed by atoms with Crippen molar-refractivity contribution >= 4 is 23.0 Å². The van der Waals surface area contributed by atoms with Crippen molar-refractivity contribution in [2.45, 2.75) is 13.8 Å². The summed E-state index contributed by atoms with van der Waals surface area (Å²) < 4.78 is 11.5. The minimum atomic E-state index is -0.449. The zero-order valence-corrected chi connectivity index (χ0v) is 18.5. The molecule has 0 aliphatic carbocycles. The van der Waals surface area contributed by atoms with E-state index in [1.54, 1.807) is 19.1 Å². The smallest absolute Gasteiger partial charge is 0.339 e. The summed E-state index contributed by atoms with van der Waals surface area (Å²) in [4.78, 5) is 25.9. The summed E-state index contributed by atoms with van der Waals surface area (Å²) in [6.45, 7) is 4.88. The molecule has 168 valence electrons. The summed E-state index contributed by atoms with van der Waals surface area (Å²) in [7, 11) is 0. The molecule has 3 aromatic carbocycles. The second-order valence-electron chi connectivity index (χ2n) is 7.52. The number of hydrogen-bond donors (Lipinski definition) is 0. The molecular weight excluding hydrogens is 420 g/mol. The molecule has 3 aromatic rings. The average Bonchev–Trinajstić information content (AvgIpc) is 2.80. The zero-order valence-electron chi connectivity index (χ0n) is 18.5. The molecule has 0 radical (unpaired) electrons. The highest BCUT2D eigenvalue weighted by Crippen LogP contribution is 2.44. The van der Waals surface area contributed by atoms with Crippen LogP contribution in [0.1, 0.15) is 22.8 Å². The number of rotatable bonds is 5. The number of carbonyl (C=O) groups is 1. The molecule has 0 N–H and O–H groups in total. The third kappa shape index (κ3) is 4.43. The zero-order chi connectivity index (χ0) is 23.4. The molecular formula is C26H24N2O5. The molecule has 0 spiro atoms. The van der Waals surface area contributed by atoms with Gasteiger partial charge in [-0.3, -0.25) is 10.1 Å². The number of carbonyl (C=O) groups excluding carboxylic acids is 1. The van der Waals surface area contributed by atoms with Crippen LogP contribution in [0.15, 0.2) is 72.8 Å². The highest BCUT2D eigenvalue weighted by Gasteiger charge is 2.27. The van der Waals surface area contributed by atoms with Crippen molar-refractivity contribution in [1.29, 1.82) is 0 Å². The van der Waals surface area contributed by atoms with Crippen LogP contribution in [0.5, 0.6) is 5.75 Å². The molecule has 7 nitrogen and oxygen atoms in total. The van der Waals surface area contributed by atoms with E-state index in [-0.39, 0.29) is 12.3 Å². The first kappa shape index (κ1) is 22.1. The Morgan fingerprint density at radius 1 is 1.12 bits per heavy atom. The van der Waals surface area contributed by atoms with E-state index in [9.17, 15) is 14.9 Å². The number of anilines is 2. The van der Waals surface area contributed by atoms with Gasteiger partial charge in [-0.05, 0) is 61.4 Å². The Balaban J connectivity index is 1.95. The first-order valence-corrected chi connectivity index (χ1v) is 10.7. The molecule has 1 aliphatic rings. The minimum Gasteiger partial charge on any atom is -0.487 e. The van der Waals surface area contributed by atoms with Gasteiger partial charge in [-0.25, -0.2) is 4.79 Å². The highest BCUT2D eigenvalue weighted by atomic mass is 16.6. The van der Waals surface area contributed by atoms with E-state index >= 15 is 0 Å². The Labute approximate surface area is 192 Å². The fourth-order valence-electron chi connectivity index (χ4n) is 4.00. The molecule has 33 heavy (non-hydrogen) atoms. The van der Waals surface area contributed by atoms with E-state index < -0.39 is 10.9 Å². The monoisotopic (exact) mass is 444 g/mol. The largest absolute Gasteiger partial charge is 0.487 e. The Morgan fingerprint density at radius 2 is 1.85 bits per heavy atom. The molecule has 0 atom stereocenters. The van der Waals surface area contributed by atoms with Gasteiger partial charge < -0.3 is 14.4 Å². The molecule has 0 fully saturated rings. The van der Waals surface area contributed by atoms with Crippen LogP contribution < -0.4 is 9.64 Å². The molecule has 1 aliphatic heterocycles.